The van der Waals surface area contributed by atoms with Gasteiger partial charge in [0.2, 0.25) is 0 Å². The molecule has 0 spiro atoms. The Labute approximate surface area is 73.9 Å². The van der Waals surface area contributed by atoms with Crippen molar-refractivity contribution in [3.8, 4) is 0 Å². The van der Waals surface area contributed by atoms with Crippen molar-refractivity contribution in [2.45, 2.75) is 19.9 Å². The molecule has 0 aromatic rings. The van der Waals surface area contributed by atoms with Gasteiger partial charge in [-0.15, -0.1) is 0 Å². The molecule has 0 rings (SSSR count). The molecule has 3 heteroatoms. The minimum Gasteiger partial charge on any atom is -0.384 e. The van der Waals surface area contributed by atoms with Crippen LogP contribution < -0.4 is 5.73 Å². The van der Waals surface area contributed by atoms with Crippen molar-refractivity contribution in [1.29, 1.82) is 0 Å². The van der Waals surface area contributed by atoms with E-state index < -0.39 is 0 Å². The van der Waals surface area contributed by atoms with Crippen LogP contribution in [-0.4, -0.2) is 31.3 Å². The van der Waals surface area contributed by atoms with Crippen LogP contribution in [0.5, 0.6) is 0 Å². The summed E-state index contributed by atoms with van der Waals surface area (Å²) >= 11 is 1.86. The first-order chi connectivity index (χ1) is 5.18. The number of hydrogen-bond acceptors (Lipinski definition) is 3. The highest BCUT2D eigenvalue weighted by Crippen LogP contribution is 2.07. The highest BCUT2D eigenvalue weighted by molar-refractivity contribution is 7.99. The zero-order valence-corrected chi connectivity index (χ0v) is 8.49. The van der Waals surface area contributed by atoms with E-state index in [9.17, 15) is 0 Å². The molecule has 68 valence electrons. The molecule has 0 aliphatic rings. The van der Waals surface area contributed by atoms with Crippen LogP contribution in [0.25, 0.3) is 0 Å². The van der Waals surface area contributed by atoms with Gasteiger partial charge in [0.1, 0.15) is 0 Å². The van der Waals surface area contributed by atoms with E-state index in [1.54, 1.807) is 7.11 Å². The molecule has 0 fully saturated rings. The average molecular weight is 177 g/mol. The van der Waals surface area contributed by atoms with Crippen LogP contribution in [0.2, 0.25) is 0 Å². The molecule has 2 N–H and O–H groups in total. The molecule has 0 radical (unpaired) electrons. The second-order valence-corrected chi connectivity index (χ2v) is 4.13. The van der Waals surface area contributed by atoms with Crippen LogP contribution in [0.15, 0.2) is 0 Å². The van der Waals surface area contributed by atoms with Gasteiger partial charge in [-0.1, -0.05) is 13.8 Å². The summed E-state index contributed by atoms with van der Waals surface area (Å²) in [4.78, 5) is 0. The number of rotatable bonds is 6. The zero-order valence-electron chi connectivity index (χ0n) is 7.67. The fourth-order valence-electron chi connectivity index (χ4n) is 0.554. The summed E-state index contributed by atoms with van der Waals surface area (Å²) < 4.78 is 4.92. The van der Waals surface area contributed by atoms with Gasteiger partial charge < -0.3 is 10.5 Å². The maximum absolute atomic E-state index is 5.84. The Morgan fingerprint density at radius 1 is 1.45 bits per heavy atom. The van der Waals surface area contributed by atoms with E-state index in [0.717, 1.165) is 18.1 Å². The Morgan fingerprint density at radius 3 is 2.55 bits per heavy atom. The molecular formula is C8H19NOS. The van der Waals surface area contributed by atoms with E-state index >= 15 is 0 Å². The number of methoxy groups -OCH3 is 1. The van der Waals surface area contributed by atoms with Crippen LogP contribution in [0.4, 0.5) is 0 Å². The average Bonchev–Trinajstić information content (AvgIpc) is 1.97. The number of ether oxygens (including phenoxy) is 1. The van der Waals surface area contributed by atoms with Gasteiger partial charge in [0, 0.05) is 24.7 Å². The van der Waals surface area contributed by atoms with Crippen LogP contribution in [0.3, 0.4) is 0 Å². The largest absolute Gasteiger partial charge is 0.384 e. The molecule has 0 aromatic carbocycles. The highest BCUT2D eigenvalue weighted by atomic mass is 32.2. The first kappa shape index (κ1) is 11.3. The monoisotopic (exact) mass is 177 g/mol. The number of hydrogen-bond donors (Lipinski definition) is 1. The third kappa shape index (κ3) is 6.66. The van der Waals surface area contributed by atoms with Crippen molar-refractivity contribution in [3.05, 3.63) is 0 Å². The van der Waals surface area contributed by atoms with Crippen molar-refractivity contribution in [3.63, 3.8) is 0 Å². The summed E-state index contributed by atoms with van der Waals surface area (Å²) in [5, 5.41) is 0. The van der Waals surface area contributed by atoms with E-state index in [1.165, 1.54) is 0 Å². The summed E-state index contributed by atoms with van der Waals surface area (Å²) in [6, 6.07) is 0.330. The molecule has 11 heavy (non-hydrogen) atoms. The predicted octanol–water partition coefficient (Wildman–Crippen LogP) is 1.35. The van der Waals surface area contributed by atoms with Crippen molar-refractivity contribution >= 4 is 11.8 Å². The molecular weight excluding hydrogens is 158 g/mol. The Bertz CT molecular complexity index is 88.2. The lowest BCUT2D eigenvalue weighted by Gasteiger charge is -2.14. The lowest BCUT2D eigenvalue weighted by atomic mass is 10.1. The van der Waals surface area contributed by atoms with E-state index in [-0.39, 0.29) is 0 Å². The first-order valence-electron chi connectivity index (χ1n) is 4.00. The predicted molar refractivity (Wildman–Crippen MR) is 52.0 cm³/mol. The van der Waals surface area contributed by atoms with Gasteiger partial charge in [-0.2, -0.15) is 11.8 Å². The molecule has 1 unspecified atom stereocenters. The van der Waals surface area contributed by atoms with Crippen LogP contribution in [0.1, 0.15) is 13.8 Å². The van der Waals surface area contributed by atoms with E-state index in [0.29, 0.717) is 12.0 Å². The van der Waals surface area contributed by atoms with Gasteiger partial charge in [-0.25, -0.2) is 0 Å². The zero-order chi connectivity index (χ0) is 8.69. The second kappa shape index (κ2) is 6.95. The Balaban J connectivity index is 3.10. The van der Waals surface area contributed by atoms with Crippen molar-refractivity contribution in [2.24, 2.45) is 11.7 Å². The number of thioether (sulfide) groups is 1. The third-order valence-electron chi connectivity index (χ3n) is 1.60. The molecule has 0 aromatic heterocycles. The molecule has 0 heterocycles. The minimum absolute atomic E-state index is 0.330. The van der Waals surface area contributed by atoms with Crippen LogP contribution in [-0.2, 0) is 4.74 Å². The van der Waals surface area contributed by atoms with Gasteiger partial charge in [-0.3, -0.25) is 0 Å². The Hall–Kier alpha value is 0.270. The maximum atomic E-state index is 5.84. The van der Waals surface area contributed by atoms with E-state index in [1.807, 2.05) is 11.8 Å². The molecule has 0 amide bonds. The highest BCUT2D eigenvalue weighted by Gasteiger charge is 2.06. The molecule has 0 saturated carbocycles. The smallest absolute Gasteiger partial charge is 0.0552 e. The van der Waals surface area contributed by atoms with Gasteiger partial charge in [0.25, 0.3) is 0 Å². The van der Waals surface area contributed by atoms with Gasteiger partial charge >= 0.3 is 0 Å². The topological polar surface area (TPSA) is 35.2 Å². The van der Waals surface area contributed by atoms with Crippen LogP contribution in [0, 0.1) is 5.92 Å². The normalized spacial score (nSPS) is 13.9. The van der Waals surface area contributed by atoms with Gasteiger partial charge in [-0.05, 0) is 5.92 Å². The number of nitrogens with two attached hydrogens (primary N) is 1. The fraction of sp³-hybridized carbons (Fsp3) is 1.00. The fourth-order valence-corrected chi connectivity index (χ4v) is 1.66. The quantitative estimate of drug-likeness (QED) is 0.622. The lowest BCUT2D eigenvalue weighted by Crippen LogP contribution is -2.29. The summed E-state index contributed by atoms with van der Waals surface area (Å²) in [6.45, 7) is 5.14. The molecule has 0 aliphatic carbocycles. The molecule has 0 aliphatic heterocycles. The molecule has 1 atom stereocenters. The maximum Gasteiger partial charge on any atom is 0.0552 e. The van der Waals surface area contributed by atoms with Gasteiger partial charge in [0.15, 0.2) is 0 Å². The Morgan fingerprint density at radius 2 is 2.09 bits per heavy atom. The molecule has 0 saturated heterocycles. The lowest BCUT2D eigenvalue weighted by molar-refractivity contribution is 0.218. The summed E-state index contributed by atoms with van der Waals surface area (Å²) in [5.74, 6) is 2.68. The van der Waals surface area contributed by atoms with Crippen LogP contribution >= 0.6 is 11.8 Å². The summed E-state index contributed by atoms with van der Waals surface area (Å²) in [7, 11) is 1.73. The second-order valence-electron chi connectivity index (χ2n) is 2.98. The summed E-state index contributed by atoms with van der Waals surface area (Å²) in [6.07, 6.45) is 0. The van der Waals surface area contributed by atoms with Crippen molar-refractivity contribution in [1.82, 2.24) is 0 Å². The van der Waals surface area contributed by atoms with Crippen molar-refractivity contribution < 1.29 is 4.74 Å². The summed E-state index contributed by atoms with van der Waals surface area (Å²) in [5.41, 5.74) is 5.84. The van der Waals surface area contributed by atoms with Gasteiger partial charge in [0.05, 0.1) is 6.61 Å². The third-order valence-corrected chi connectivity index (χ3v) is 2.67. The Kier molecular flexibility index (Phi) is 7.12. The first-order valence-corrected chi connectivity index (χ1v) is 5.16. The molecule has 2 nitrogen and oxygen atoms in total. The van der Waals surface area contributed by atoms with E-state index in [4.69, 9.17) is 10.5 Å². The molecule has 0 bridgehead atoms. The minimum atomic E-state index is 0.330. The standard InChI is InChI=1S/C8H19NOS/c1-7(2)8(9)6-11-5-4-10-3/h7-8H,4-6,9H2,1-3H3. The van der Waals surface area contributed by atoms with Crippen molar-refractivity contribution in [2.75, 3.05) is 25.2 Å². The van der Waals surface area contributed by atoms with E-state index in [2.05, 4.69) is 13.8 Å². The SMILES string of the molecule is COCCSCC(N)C(C)C.